The number of aromatic nitrogens is 2. The van der Waals surface area contributed by atoms with Gasteiger partial charge in [-0.05, 0) is 70.2 Å². The van der Waals surface area contributed by atoms with Gasteiger partial charge in [0.2, 0.25) is 0 Å². The molecule has 0 spiro atoms. The van der Waals surface area contributed by atoms with Gasteiger partial charge in [-0.2, -0.15) is 0 Å². The van der Waals surface area contributed by atoms with Gasteiger partial charge in [-0.3, -0.25) is 0 Å². The van der Waals surface area contributed by atoms with E-state index >= 15 is 0 Å². The van der Waals surface area contributed by atoms with E-state index in [0.717, 1.165) is 46.4 Å². The van der Waals surface area contributed by atoms with Crippen LogP contribution in [0, 0.1) is 5.41 Å². The summed E-state index contributed by atoms with van der Waals surface area (Å²) in [6.07, 6.45) is 2.91. The van der Waals surface area contributed by atoms with Gasteiger partial charge in [0, 0.05) is 5.39 Å². The zero-order valence-corrected chi connectivity index (χ0v) is 22.7. The lowest BCUT2D eigenvalue weighted by molar-refractivity contribution is 0.411. The van der Waals surface area contributed by atoms with Crippen molar-refractivity contribution in [2.75, 3.05) is 0 Å². The summed E-state index contributed by atoms with van der Waals surface area (Å²) in [5.74, 6) is 1.87. The summed E-state index contributed by atoms with van der Waals surface area (Å²) in [5.41, 5.74) is 9.92. The molecule has 0 fully saturated rings. The van der Waals surface area contributed by atoms with Crippen molar-refractivity contribution in [3.63, 3.8) is 0 Å². The molecule has 0 aliphatic rings. The van der Waals surface area contributed by atoms with Crippen LogP contribution in [0.4, 0.5) is 0 Å². The second kappa shape index (κ2) is 9.28. The van der Waals surface area contributed by atoms with E-state index < -0.39 is 0 Å². The lowest BCUT2D eigenvalue weighted by Crippen LogP contribution is -2.10. The fourth-order valence-electron chi connectivity index (χ4n) is 5.46. The second-order valence-corrected chi connectivity index (χ2v) is 12.0. The van der Waals surface area contributed by atoms with E-state index in [1.807, 2.05) is 6.26 Å². The van der Waals surface area contributed by atoms with Crippen molar-refractivity contribution in [3.8, 4) is 11.4 Å². The lowest BCUT2D eigenvalue weighted by Gasteiger charge is -2.21. The van der Waals surface area contributed by atoms with Gasteiger partial charge in [0.1, 0.15) is 17.7 Å². The zero-order valence-electron chi connectivity index (χ0n) is 22.7. The average Bonchev–Trinajstić information content (AvgIpc) is 3.39. The Balaban J connectivity index is 1.72. The largest absolute Gasteiger partial charge is 0.464 e. The molecule has 5 rings (SSSR count). The van der Waals surface area contributed by atoms with Crippen molar-refractivity contribution in [2.24, 2.45) is 5.41 Å². The van der Waals surface area contributed by atoms with Crippen molar-refractivity contribution in [3.05, 3.63) is 89.2 Å². The Morgan fingerprint density at radius 1 is 0.861 bits per heavy atom. The van der Waals surface area contributed by atoms with Gasteiger partial charge in [0.25, 0.3) is 0 Å². The predicted octanol–water partition coefficient (Wildman–Crippen LogP) is 9.33. The molecule has 0 atom stereocenters. The van der Waals surface area contributed by atoms with Crippen molar-refractivity contribution >= 4 is 22.0 Å². The average molecular weight is 479 g/mol. The van der Waals surface area contributed by atoms with Crippen LogP contribution in [-0.2, 0) is 13.0 Å². The van der Waals surface area contributed by atoms with Gasteiger partial charge < -0.3 is 8.98 Å². The molecule has 3 nitrogen and oxygen atoms in total. The fourth-order valence-corrected chi connectivity index (χ4v) is 5.46. The van der Waals surface area contributed by atoms with Crippen LogP contribution in [0.1, 0.15) is 82.6 Å². The highest BCUT2D eigenvalue weighted by atomic mass is 16.3. The molecule has 0 N–H and O–H groups in total. The minimum Gasteiger partial charge on any atom is -0.464 e. The van der Waals surface area contributed by atoms with E-state index in [0.29, 0.717) is 11.8 Å². The van der Waals surface area contributed by atoms with Crippen LogP contribution in [0.3, 0.4) is 0 Å². The number of nitrogens with zero attached hydrogens (tertiary/aromatic N) is 2. The van der Waals surface area contributed by atoms with Crippen LogP contribution in [-0.4, -0.2) is 9.55 Å². The first-order valence-electron chi connectivity index (χ1n) is 13.2. The Kier molecular flexibility index (Phi) is 6.28. The van der Waals surface area contributed by atoms with Crippen LogP contribution >= 0.6 is 0 Å². The second-order valence-electron chi connectivity index (χ2n) is 12.0. The standard InChI is InChI=1S/C33H38N2O/c1-21(2)24-11-10-12-25(22(3)4)27(24)19-35-30-14-9-8-13-29(30)34-32(35)28-20-36-31-16-15-23(17-26(28)31)18-33(5,6)7/h8-17,20-22H,18-19H2,1-7H3. The molecular weight excluding hydrogens is 440 g/mol. The molecule has 5 aromatic rings. The number of furan rings is 1. The minimum atomic E-state index is 0.221. The van der Waals surface area contributed by atoms with E-state index in [2.05, 4.69) is 114 Å². The normalized spacial score (nSPS) is 12.5. The molecule has 0 saturated heterocycles. The van der Waals surface area contributed by atoms with Crippen LogP contribution in [0.15, 0.2) is 71.3 Å². The topological polar surface area (TPSA) is 31.0 Å². The SMILES string of the molecule is CC(C)c1cccc(C(C)C)c1Cn1c(-c2coc3ccc(CC(C)(C)C)cc23)nc2ccccc21. The monoisotopic (exact) mass is 478 g/mol. The van der Waals surface area contributed by atoms with E-state index in [1.165, 1.54) is 22.3 Å². The molecule has 0 bridgehead atoms. The first-order valence-corrected chi connectivity index (χ1v) is 13.2. The van der Waals surface area contributed by atoms with Gasteiger partial charge in [-0.1, -0.05) is 84.9 Å². The molecule has 0 aliphatic heterocycles. The van der Waals surface area contributed by atoms with Crippen LogP contribution in [0.5, 0.6) is 0 Å². The summed E-state index contributed by atoms with van der Waals surface area (Å²) < 4.78 is 8.45. The van der Waals surface area contributed by atoms with Crippen molar-refractivity contribution in [2.45, 2.75) is 73.3 Å². The Morgan fingerprint density at radius 3 is 2.22 bits per heavy atom. The predicted molar refractivity (Wildman–Crippen MR) is 152 cm³/mol. The quantitative estimate of drug-likeness (QED) is 0.243. The van der Waals surface area contributed by atoms with Gasteiger partial charge in [-0.25, -0.2) is 4.98 Å². The van der Waals surface area contributed by atoms with Crippen LogP contribution < -0.4 is 0 Å². The summed E-state index contributed by atoms with van der Waals surface area (Å²) in [6, 6.07) is 21.9. The number of fused-ring (bicyclic) bond motifs is 2. The smallest absolute Gasteiger partial charge is 0.145 e. The molecule has 2 heterocycles. The molecule has 3 heteroatoms. The van der Waals surface area contributed by atoms with E-state index in [4.69, 9.17) is 9.40 Å². The third kappa shape index (κ3) is 4.59. The Morgan fingerprint density at radius 2 is 1.56 bits per heavy atom. The van der Waals surface area contributed by atoms with Gasteiger partial charge in [-0.15, -0.1) is 0 Å². The molecule has 0 aliphatic carbocycles. The number of imidazole rings is 1. The lowest BCUT2D eigenvalue weighted by atomic mass is 9.87. The Bertz CT molecular complexity index is 1500. The highest BCUT2D eigenvalue weighted by molar-refractivity contribution is 5.95. The van der Waals surface area contributed by atoms with Crippen molar-refractivity contribution < 1.29 is 4.42 Å². The minimum absolute atomic E-state index is 0.221. The van der Waals surface area contributed by atoms with Gasteiger partial charge >= 0.3 is 0 Å². The van der Waals surface area contributed by atoms with Crippen LogP contribution in [0.25, 0.3) is 33.4 Å². The fraction of sp³-hybridized carbons (Fsp3) is 0.364. The molecule has 186 valence electrons. The van der Waals surface area contributed by atoms with Gasteiger partial charge in [0.15, 0.2) is 0 Å². The number of rotatable bonds is 6. The number of hydrogen-bond donors (Lipinski definition) is 0. The van der Waals surface area contributed by atoms with E-state index in [1.54, 1.807) is 0 Å². The third-order valence-corrected chi connectivity index (χ3v) is 7.08. The maximum Gasteiger partial charge on any atom is 0.145 e. The summed E-state index contributed by atoms with van der Waals surface area (Å²) >= 11 is 0. The molecule has 0 amide bonds. The molecule has 2 aromatic heterocycles. The number of hydrogen-bond acceptors (Lipinski definition) is 2. The number of para-hydroxylation sites is 2. The number of benzene rings is 3. The first kappa shape index (κ1) is 24.4. The zero-order chi connectivity index (χ0) is 25.6. The van der Waals surface area contributed by atoms with Crippen molar-refractivity contribution in [1.82, 2.24) is 9.55 Å². The van der Waals surface area contributed by atoms with E-state index in [9.17, 15) is 0 Å². The summed E-state index contributed by atoms with van der Waals surface area (Å²) in [7, 11) is 0. The maximum atomic E-state index is 6.06. The molecule has 0 saturated carbocycles. The van der Waals surface area contributed by atoms with Gasteiger partial charge in [0.05, 0.1) is 23.1 Å². The maximum absolute atomic E-state index is 6.06. The molecule has 3 aromatic carbocycles. The molecule has 0 radical (unpaired) electrons. The summed E-state index contributed by atoms with van der Waals surface area (Å²) in [6.45, 7) is 16.8. The van der Waals surface area contributed by atoms with Crippen LogP contribution in [0.2, 0.25) is 0 Å². The highest BCUT2D eigenvalue weighted by Crippen LogP contribution is 2.36. The highest BCUT2D eigenvalue weighted by Gasteiger charge is 2.21. The molecular formula is C33H38N2O. The Labute approximate surface area is 215 Å². The van der Waals surface area contributed by atoms with E-state index in [-0.39, 0.29) is 5.41 Å². The summed E-state index contributed by atoms with van der Waals surface area (Å²) in [4.78, 5) is 5.16. The molecule has 0 unspecified atom stereocenters. The Hall–Kier alpha value is -3.33. The first-order chi connectivity index (χ1) is 17.1. The van der Waals surface area contributed by atoms with Crippen molar-refractivity contribution in [1.29, 1.82) is 0 Å². The molecule has 36 heavy (non-hydrogen) atoms. The third-order valence-electron chi connectivity index (χ3n) is 7.08. The summed E-state index contributed by atoms with van der Waals surface area (Å²) in [5, 5.41) is 1.13.